The van der Waals surface area contributed by atoms with Crippen LogP contribution in [-0.2, 0) is 9.53 Å². The van der Waals surface area contributed by atoms with Crippen molar-refractivity contribution in [1.82, 2.24) is 0 Å². The van der Waals surface area contributed by atoms with Gasteiger partial charge in [0.05, 0.1) is 13.2 Å². The number of benzene rings is 1. The van der Waals surface area contributed by atoms with E-state index in [-0.39, 0.29) is 12.0 Å². The third-order valence-corrected chi connectivity index (χ3v) is 3.22. The van der Waals surface area contributed by atoms with Crippen molar-refractivity contribution < 1.29 is 19.0 Å². The molecule has 0 aromatic heterocycles. The highest BCUT2D eigenvalue weighted by atomic mass is 16.5. The molecular formula is C15H21NO4. The minimum absolute atomic E-state index is 0.0276. The van der Waals surface area contributed by atoms with E-state index in [1.807, 2.05) is 6.92 Å². The molecule has 1 heterocycles. The Morgan fingerprint density at radius 2 is 2.30 bits per heavy atom. The van der Waals surface area contributed by atoms with Gasteiger partial charge in [0.1, 0.15) is 6.61 Å². The van der Waals surface area contributed by atoms with Crippen LogP contribution in [0, 0.1) is 0 Å². The number of nitrogens with one attached hydrogen (secondary N) is 1. The van der Waals surface area contributed by atoms with Gasteiger partial charge in [-0.1, -0.05) is 6.92 Å². The van der Waals surface area contributed by atoms with Crippen molar-refractivity contribution in [2.45, 2.75) is 32.3 Å². The molecule has 110 valence electrons. The summed E-state index contributed by atoms with van der Waals surface area (Å²) in [6, 6.07) is 5.36. The lowest BCUT2D eigenvalue weighted by molar-refractivity contribution is -0.115. The molecule has 1 aliphatic heterocycles. The summed E-state index contributed by atoms with van der Waals surface area (Å²) in [5.74, 6) is 1.25. The summed E-state index contributed by atoms with van der Waals surface area (Å²) in [7, 11) is 1.60. The third kappa shape index (κ3) is 3.87. The topological polar surface area (TPSA) is 56.8 Å². The molecule has 1 amide bonds. The van der Waals surface area contributed by atoms with E-state index >= 15 is 0 Å². The van der Waals surface area contributed by atoms with Crippen LogP contribution in [0.5, 0.6) is 11.5 Å². The molecule has 0 radical (unpaired) electrons. The average molecular weight is 279 g/mol. The largest absolute Gasteiger partial charge is 0.493 e. The summed E-state index contributed by atoms with van der Waals surface area (Å²) >= 11 is 0. The van der Waals surface area contributed by atoms with Gasteiger partial charge in [-0.05, 0) is 25.0 Å². The number of carbonyl (C=O) groups excluding carboxylic acids is 1. The summed E-state index contributed by atoms with van der Waals surface area (Å²) in [5, 5.41) is 2.81. The Morgan fingerprint density at radius 1 is 1.45 bits per heavy atom. The molecule has 1 aromatic carbocycles. The molecule has 5 heteroatoms. The maximum atomic E-state index is 11.4. The van der Waals surface area contributed by atoms with Gasteiger partial charge in [0, 0.05) is 24.8 Å². The van der Waals surface area contributed by atoms with Gasteiger partial charge in [-0.25, -0.2) is 0 Å². The molecule has 0 bridgehead atoms. The molecular weight excluding hydrogens is 258 g/mol. The first-order valence-electron chi connectivity index (χ1n) is 6.95. The molecule has 20 heavy (non-hydrogen) atoms. The van der Waals surface area contributed by atoms with Crippen LogP contribution >= 0.6 is 0 Å². The predicted octanol–water partition coefficient (Wildman–Crippen LogP) is 2.60. The Morgan fingerprint density at radius 3 is 2.95 bits per heavy atom. The first-order chi connectivity index (χ1) is 9.72. The minimum atomic E-state index is -0.0276. The normalized spacial score (nSPS) is 17.8. The lowest BCUT2D eigenvalue weighted by Gasteiger charge is -2.15. The van der Waals surface area contributed by atoms with Crippen molar-refractivity contribution in [2.75, 3.05) is 25.6 Å². The lowest BCUT2D eigenvalue weighted by atomic mass is 10.2. The molecule has 0 aliphatic carbocycles. The van der Waals surface area contributed by atoms with Crippen molar-refractivity contribution in [3.8, 4) is 11.5 Å². The van der Waals surface area contributed by atoms with Crippen LogP contribution in [0.25, 0.3) is 0 Å². The molecule has 1 fully saturated rings. The number of amides is 1. The van der Waals surface area contributed by atoms with Crippen molar-refractivity contribution in [2.24, 2.45) is 0 Å². The molecule has 1 N–H and O–H groups in total. The number of anilines is 1. The number of ether oxygens (including phenoxy) is 3. The Labute approximate surface area is 119 Å². The van der Waals surface area contributed by atoms with E-state index in [4.69, 9.17) is 14.2 Å². The second-order valence-corrected chi connectivity index (χ2v) is 4.71. The van der Waals surface area contributed by atoms with Gasteiger partial charge in [-0.15, -0.1) is 0 Å². The average Bonchev–Trinajstić information content (AvgIpc) is 2.98. The first-order valence-corrected chi connectivity index (χ1v) is 6.95. The second-order valence-electron chi connectivity index (χ2n) is 4.71. The Bertz CT molecular complexity index is 455. The fourth-order valence-corrected chi connectivity index (χ4v) is 2.08. The molecule has 1 saturated heterocycles. The fraction of sp³-hybridized carbons (Fsp3) is 0.533. The standard InChI is InChI=1S/C15H21NO4/c1-3-15(17)16-11-6-7-13(18-2)14(9-11)20-10-12-5-4-8-19-12/h6-7,9,12H,3-5,8,10H2,1-2H3,(H,16,17)/t12-/m1/s1. The summed E-state index contributed by atoms with van der Waals surface area (Å²) < 4.78 is 16.6. The quantitative estimate of drug-likeness (QED) is 0.869. The zero-order valence-electron chi connectivity index (χ0n) is 12.0. The molecule has 0 spiro atoms. The number of rotatable bonds is 6. The molecule has 0 saturated carbocycles. The smallest absolute Gasteiger partial charge is 0.224 e. The van der Waals surface area contributed by atoms with Crippen molar-refractivity contribution in [3.05, 3.63) is 18.2 Å². The van der Waals surface area contributed by atoms with Crippen LogP contribution in [0.15, 0.2) is 18.2 Å². The van der Waals surface area contributed by atoms with Gasteiger partial charge in [0.25, 0.3) is 0 Å². The number of carbonyl (C=O) groups is 1. The van der Waals surface area contributed by atoms with Gasteiger partial charge in [0.2, 0.25) is 5.91 Å². The SMILES string of the molecule is CCC(=O)Nc1ccc(OC)c(OC[C@H]2CCCO2)c1. The van der Waals surface area contributed by atoms with Crippen LogP contribution in [0.2, 0.25) is 0 Å². The predicted molar refractivity (Wildman–Crippen MR) is 76.4 cm³/mol. The molecule has 0 unspecified atom stereocenters. The number of methoxy groups -OCH3 is 1. The summed E-state index contributed by atoms with van der Waals surface area (Å²) in [6.45, 7) is 3.12. The van der Waals surface area contributed by atoms with E-state index in [0.717, 1.165) is 19.4 Å². The molecule has 1 aliphatic rings. The lowest BCUT2D eigenvalue weighted by Crippen LogP contribution is -2.16. The highest BCUT2D eigenvalue weighted by Gasteiger charge is 2.17. The first kappa shape index (κ1) is 14.7. The van der Waals surface area contributed by atoms with Crippen molar-refractivity contribution in [1.29, 1.82) is 0 Å². The second kappa shape index (κ2) is 7.14. The zero-order valence-corrected chi connectivity index (χ0v) is 12.0. The van der Waals surface area contributed by atoms with E-state index in [0.29, 0.717) is 30.2 Å². The zero-order chi connectivity index (χ0) is 14.4. The van der Waals surface area contributed by atoms with Crippen LogP contribution in [-0.4, -0.2) is 32.3 Å². The van der Waals surface area contributed by atoms with E-state index in [1.165, 1.54) is 0 Å². The Balaban J connectivity index is 2.03. The van der Waals surface area contributed by atoms with Gasteiger partial charge >= 0.3 is 0 Å². The van der Waals surface area contributed by atoms with Crippen LogP contribution in [0.3, 0.4) is 0 Å². The van der Waals surface area contributed by atoms with E-state index in [9.17, 15) is 4.79 Å². The summed E-state index contributed by atoms with van der Waals surface area (Å²) in [5.41, 5.74) is 0.708. The molecule has 2 rings (SSSR count). The Hall–Kier alpha value is -1.75. The van der Waals surface area contributed by atoms with Crippen molar-refractivity contribution >= 4 is 11.6 Å². The summed E-state index contributed by atoms with van der Waals surface area (Å²) in [6.07, 6.45) is 2.69. The van der Waals surface area contributed by atoms with E-state index in [2.05, 4.69) is 5.32 Å². The summed E-state index contributed by atoms with van der Waals surface area (Å²) in [4.78, 5) is 11.4. The van der Waals surface area contributed by atoms with Crippen LogP contribution in [0.4, 0.5) is 5.69 Å². The highest BCUT2D eigenvalue weighted by molar-refractivity contribution is 5.90. The van der Waals surface area contributed by atoms with Gasteiger partial charge in [0.15, 0.2) is 11.5 Å². The molecule has 1 aromatic rings. The highest BCUT2D eigenvalue weighted by Crippen LogP contribution is 2.31. The van der Waals surface area contributed by atoms with Crippen LogP contribution < -0.4 is 14.8 Å². The van der Waals surface area contributed by atoms with Gasteiger partial charge in [-0.2, -0.15) is 0 Å². The van der Waals surface area contributed by atoms with E-state index < -0.39 is 0 Å². The maximum absolute atomic E-state index is 11.4. The van der Waals surface area contributed by atoms with E-state index in [1.54, 1.807) is 25.3 Å². The Kier molecular flexibility index (Phi) is 5.24. The fourth-order valence-electron chi connectivity index (χ4n) is 2.08. The van der Waals surface area contributed by atoms with Gasteiger partial charge < -0.3 is 19.5 Å². The minimum Gasteiger partial charge on any atom is -0.493 e. The third-order valence-electron chi connectivity index (χ3n) is 3.22. The number of hydrogen-bond donors (Lipinski definition) is 1. The number of hydrogen-bond acceptors (Lipinski definition) is 4. The van der Waals surface area contributed by atoms with Crippen LogP contribution in [0.1, 0.15) is 26.2 Å². The monoisotopic (exact) mass is 279 g/mol. The maximum Gasteiger partial charge on any atom is 0.224 e. The molecule has 5 nitrogen and oxygen atoms in total. The van der Waals surface area contributed by atoms with Crippen molar-refractivity contribution in [3.63, 3.8) is 0 Å². The molecule has 1 atom stereocenters. The van der Waals surface area contributed by atoms with Gasteiger partial charge in [-0.3, -0.25) is 4.79 Å².